The van der Waals surface area contributed by atoms with Crippen molar-refractivity contribution in [3.05, 3.63) is 40.3 Å². The van der Waals surface area contributed by atoms with Crippen LogP contribution in [0.1, 0.15) is 39.4 Å². The van der Waals surface area contributed by atoms with Gasteiger partial charge in [-0.2, -0.15) is 0 Å². The quantitative estimate of drug-likeness (QED) is 0.450. The van der Waals surface area contributed by atoms with E-state index in [1.54, 1.807) is 18.9 Å². The molecule has 0 radical (unpaired) electrons. The predicted molar refractivity (Wildman–Crippen MR) is 141 cm³/mol. The SMILES string of the molecule is CCN(CC)C(=O)c1sc(NC(=S)N2CCN(c3ccccc3OC)CC2)c(C(=O)OC)c1C. The van der Waals surface area contributed by atoms with Gasteiger partial charge < -0.3 is 29.5 Å². The number of thiocarbonyl (C=S) groups is 1. The largest absolute Gasteiger partial charge is 0.495 e. The summed E-state index contributed by atoms with van der Waals surface area (Å²) in [7, 11) is 3.01. The number of esters is 1. The van der Waals surface area contributed by atoms with Crippen LogP contribution in [0.5, 0.6) is 5.75 Å². The first kappa shape index (κ1) is 25.8. The lowest BCUT2D eigenvalue weighted by atomic mass is 10.1. The van der Waals surface area contributed by atoms with E-state index in [9.17, 15) is 9.59 Å². The first-order valence-corrected chi connectivity index (χ1v) is 12.5. The molecule has 1 fully saturated rings. The molecule has 0 spiro atoms. The second kappa shape index (κ2) is 11.5. The molecule has 0 saturated carbocycles. The molecule has 1 aromatic carbocycles. The van der Waals surface area contributed by atoms with Gasteiger partial charge in [0.1, 0.15) is 10.8 Å². The molecule has 0 bridgehead atoms. The zero-order valence-corrected chi connectivity index (χ0v) is 22.0. The van der Waals surface area contributed by atoms with Crippen LogP contribution in [0.3, 0.4) is 0 Å². The lowest BCUT2D eigenvalue weighted by molar-refractivity contribution is 0.0601. The third-order valence-electron chi connectivity index (χ3n) is 5.99. The third kappa shape index (κ3) is 5.28. The highest BCUT2D eigenvalue weighted by Gasteiger charge is 2.29. The maximum Gasteiger partial charge on any atom is 0.341 e. The first-order chi connectivity index (χ1) is 16.4. The Morgan fingerprint density at radius 1 is 1.12 bits per heavy atom. The number of thiophene rings is 1. The summed E-state index contributed by atoms with van der Waals surface area (Å²) in [5.41, 5.74) is 2.03. The predicted octanol–water partition coefficient (Wildman–Crippen LogP) is 3.85. The van der Waals surface area contributed by atoms with Gasteiger partial charge >= 0.3 is 5.97 Å². The third-order valence-corrected chi connectivity index (χ3v) is 7.55. The minimum atomic E-state index is -0.487. The normalized spacial score (nSPS) is 13.4. The van der Waals surface area contributed by atoms with E-state index in [4.69, 9.17) is 21.7 Å². The zero-order valence-electron chi connectivity index (χ0n) is 20.3. The van der Waals surface area contributed by atoms with Gasteiger partial charge in [-0.05, 0) is 50.7 Å². The van der Waals surface area contributed by atoms with E-state index in [0.717, 1.165) is 24.5 Å². The number of nitrogens with zero attached hydrogens (tertiary/aromatic N) is 3. The number of methoxy groups -OCH3 is 2. The standard InChI is InChI=1S/C24H32N4O4S2/c1-6-26(7-2)22(29)20-16(3)19(23(30)32-5)21(34-20)25-24(33)28-14-12-27(13-15-28)17-10-8-9-11-18(17)31-4/h8-11H,6-7,12-15H2,1-5H3,(H,25,33). The van der Waals surface area contributed by atoms with Gasteiger partial charge in [0.2, 0.25) is 0 Å². The Kier molecular flexibility index (Phi) is 8.73. The molecule has 184 valence electrons. The van der Waals surface area contributed by atoms with Crippen LogP contribution in [0.15, 0.2) is 24.3 Å². The van der Waals surface area contributed by atoms with Crippen molar-refractivity contribution in [2.45, 2.75) is 20.8 Å². The number of amides is 1. The fourth-order valence-corrected chi connectivity index (χ4v) is 5.54. The second-order valence-electron chi connectivity index (χ2n) is 7.81. The lowest BCUT2D eigenvalue weighted by Crippen LogP contribution is -2.50. The Labute approximate surface area is 210 Å². The van der Waals surface area contributed by atoms with Crippen LogP contribution < -0.4 is 15.0 Å². The number of piperazine rings is 1. The van der Waals surface area contributed by atoms with E-state index in [-0.39, 0.29) is 5.91 Å². The molecule has 8 nitrogen and oxygen atoms in total. The molecular weight excluding hydrogens is 472 g/mol. The number of carbonyl (C=O) groups excluding carboxylic acids is 2. The highest BCUT2D eigenvalue weighted by molar-refractivity contribution is 7.80. The van der Waals surface area contributed by atoms with Gasteiger partial charge in [-0.15, -0.1) is 11.3 Å². The highest BCUT2D eigenvalue weighted by Crippen LogP contribution is 2.35. The van der Waals surface area contributed by atoms with Crippen LogP contribution in [0.4, 0.5) is 10.7 Å². The van der Waals surface area contributed by atoms with Crippen molar-refractivity contribution < 1.29 is 19.1 Å². The molecule has 1 aliphatic heterocycles. The number of carbonyl (C=O) groups is 2. The van der Waals surface area contributed by atoms with Gasteiger partial charge in [0.05, 0.1) is 30.3 Å². The van der Waals surface area contributed by atoms with Crippen molar-refractivity contribution in [1.29, 1.82) is 0 Å². The molecule has 0 aliphatic carbocycles. The summed E-state index contributed by atoms with van der Waals surface area (Å²) in [6.45, 7) is 9.83. The number of hydrogen-bond donors (Lipinski definition) is 1. The molecule has 1 aliphatic rings. The molecule has 0 atom stereocenters. The Morgan fingerprint density at radius 3 is 2.35 bits per heavy atom. The summed E-state index contributed by atoms with van der Waals surface area (Å²) >= 11 is 6.94. The van der Waals surface area contributed by atoms with Gasteiger partial charge in [-0.1, -0.05) is 12.1 Å². The summed E-state index contributed by atoms with van der Waals surface area (Å²) in [5, 5.41) is 4.28. The minimum Gasteiger partial charge on any atom is -0.495 e. The number of hydrogen-bond acceptors (Lipinski definition) is 7. The van der Waals surface area contributed by atoms with Gasteiger partial charge in [0.15, 0.2) is 5.11 Å². The van der Waals surface area contributed by atoms with Crippen molar-refractivity contribution >= 4 is 51.2 Å². The van der Waals surface area contributed by atoms with Crippen molar-refractivity contribution in [3.63, 3.8) is 0 Å². The number of anilines is 2. The van der Waals surface area contributed by atoms with Gasteiger partial charge in [-0.3, -0.25) is 4.79 Å². The average Bonchev–Trinajstić information content (AvgIpc) is 3.19. The number of para-hydroxylation sites is 2. The summed E-state index contributed by atoms with van der Waals surface area (Å²) in [6.07, 6.45) is 0. The molecule has 10 heteroatoms. The number of benzene rings is 1. The monoisotopic (exact) mass is 504 g/mol. The van der Waals surface area contributed by atoms with Crippen LogP contribution in [0.2, 0.25) is 0 Å². The molecular formula is C24H32N4O4S2. The molecule has 2 aromatic rings. The molecule has 2 heterocycles. The summed E-state index contributed by atoms with van der Waals surface area (Å²) in [4.78, 5) is 32.2. The van der Waals surface area contributed by atoms with E-state index in [2.05, 4.69) is 21.2 Å². The Hall–Kier alpha value is -2.85. The van der Waals surface area contributed by atoms with Crippen LogP contribution >= 0.6 is 23.6 Å². The van der Waals surface area contributed by atoms with E-state index in [1.165, 1.54) is 18.4 Å². The maximum atomic E-state index is 13.0. The zero-order chi connectivity index (χ0) is 24.8. The van der Waals surface area contributed by atoms with E-state index >= 15 is 0 Å². The van der Waals surface area contributed by atoms with Crippen LogP contribution in [-0.4, -0.2) is 80.3 Å². The minimum absolute atomic E-state index is 0.0953. The average molecular weight is 505 g/mol. The molecule has 1 saturated heterocycles. The van der Waals surface area contributed by atoms with Gasteiger partial charge in [0.25, 0.3) is 5.91 Å². The fourth-order valence-electron chi connectivity index (χ4n) is 4.03. The van der Waals surface area contributed by atoms with E-state index in [0.29, 0.717) is 52.3 Å². The summed E-state index contributed by atoms with van der Waals surface area (Å²) in [6, 6.07) is 7.97. The van der Waals surface area contributed by atoms with E-state index < -0.39 is 5.97 Å². The van der Waals surface area contributed by atoms with Crippen molar-refractivity contribution in [1.82, 2.24) is 9.80 Å². The van der Waals surface area contributed by atoms with Crippen molar-refractivity contribution in [3.8, 4) is 5.75 Å². The van der Waals surface area contributed by atoms with E-state index in [1.807, 2.05) is 32.0 Å². The maximum absolute atomic E-state index is 13.0. The smallest absolute Gasteiger partial charge is 0.341 e. The molecule has 3 rings (SSSR count). The molecule has 34 heavy (non-hydrogen) atoms. The summed E-state index contributed by atoms with van der Waals surface area (Å²) in [5.74, 6) is 0.263. The second-order valence-corrected chi connectivity index (χ2v) is 9.21. The molecule has 1 aromatic heterocycles. The van der Waals surface area contributed by atoms with Crippen LogP contribution in [-0.2, 0) is 4.74 Å². The van der Waals surface area contributed by atoms with Crippen molar-refractivity contribution in [2.75, 3.05) is 63.7 Å². The van der Waals surface area contributed by atoms with Crippen LogP contribution in [0.25, 0.3) is 0 Å². The first-order valence-electron chi connectivity index (χ1n) is 11.3. The lowest BCUT2D eigenvalue weighted by Gasteiger charge is -2.37. The summed E-state index contributed by atoms with van der Waals surface area (Å²) < 4.78 is 10.5. The fraction of sp³-hybridized carbons (Fsp3) is 0.458. The topological polar surface area (TPSA) is 74.4 Å². The van der Waals surface area contributed by atoms with Crippen molar-refractivity contribution in [2.24, 2.45) is 0 Å². The van der Waals surface area contributed by atoms with Crippen LogP contribution in [0, 0.1) is 6.92 Å². The molecule has 1 N–H and O–H groups in total. The highest BCUT2D eigenvalue weighted by atomic mass is 32.1. The van der Waals surface area contributed by atoms with Gasteiger partial charge in [-0.25, -0.2) is 4.79 Å². The Bertz CT molecular complexity index is 1040. The number of rotatable bonds is 7. The number of ether oxygens (including phenoxy) is 2. The Morgan fingerprint density at radius 2 is 1.76 bits per heavy atom. The molecule has 0 unspecified atom stereocenters. The number of nitrogens with one attached hydrogen (secondary N) is 1. The molecule has 1 amide bonds. The van der Waals surface area contributed by atoms with Gasteiger partial charge in [0, 0.05) is 39.3 Å². The Balaban J connectivity index is 1.76.